The van der Waals surface area contributed by atoms with E-state index in [0.717, 1.165) is 13.1 Å². The van der Waals surface area contributed by atoms with Gasteiger partial charge in [-0.3, -0.25) is 15.1 Å². The van der Waals surface area contributed by atoms with E-state index in [1.807, 2.05) is 26.0 Å². The summed E-state index contributed by atoms with van der Waals surface area (Å²) < 4.78 is 0. The molecule has 4 nitrogen and oxygen atoms in total. The minimum absolute atomic E-state index is 0.101. The lowest BCUT2D eigenvalue weighted by Gasteiger charge is -2.30. The number of nitrogens with two attached hydrogens (primary N) is 1. The summed E-state index contributed by atoms with van der Waals surface area (Å²) in [5, 5.41) is 0. The molecule has 0 spiro atoms. The van der Waals surface area contributed by atoms with Crippen molar-refractivity contribution in [3.63, 3.8) is 0 Å². The van der Waals surface area contributed by atoms with Gasteiger partial charge in [0.15, 0.2) is 0 Å². The number of hydrazine groups is 1. The van der Waals surface area contributed by atoms with E-state index in [1.54, 1.807) is 0 Å². The Morgan fingerprint density at radius 1 is 1.40 bits per heavy atom. The molecule has 0 aromatic carbocycles. The number of rotatable bonds is 7. The van der Waals surface area contributed by atoms with Crippen LogP contribution in [0.5, 0.6) is 0 Å². The van der Waals surface area contributed by atoms with E-state index in [-0.39, 0.29) is 17.9 Å². The highest BCUT2D eigenvalue weighted by Crippen LogP contribution is 2.10. The fourth-order valence-corrected chi connectivity index (χ4v) is 1.41. The first kappa shape index (κ1) is 13.9. The van der Waals surface area contributed by atoms with E-state index >= 15 is 0 Å². The summed E-state index contributed by atoms with van der Waals surface area (Å²) in [7, 11) is 0. The molecule has 0 aliphatic rings. The Labute approximate surface area is 91.8 Å². The third kappa shape index (κ3) is 4.27. The summed E-state index contributed by atoms with van der Waals surface area (Å²) >= 11 is 0. The van der Waals surface area contributed by atoms with Gasteiger partial charge in [0.05, 0.1) is 5.92 Å². The van der Waals surface area contributed by atoms with Crippen molar-refractivity contribution in [2.45, 2.75) is 19.9 Å². The van der Waals surface area contributed by atoms with Crippen molar-refractivity contribution in [3.05, 3.63) is 25.3 Å². The topological polar surface area (TPSA) is 58.4 Å². The van der Waals surface area contributed by atoms with Gasteiger partial charge in [0.25, 0.3) is 0 Å². The number of hydrogen-bond donors (Lipinski definition) is 2. The van der Waals surface area contributed by atoms with Crippen LogP contribution in [-0.2, 0) is 4.79 Å². The fourth-order valence-electron chi connectivity index (χ4n) is 1.41. The maximum Gasteiger partial charge on any atom is 0.238 e. The number of carbonyl (C=O) groups excluding carboxylic acids is 1. The average molecular weight is 211 g/mol. The van der Waals surface area contributed by atoms with Gasteiger partial charge in [-0.25, -0.2) is 5.84 Å². The van der Waals surface area contributed by atoms with Gasteiger partial charge in [-0.15, -0.1) is 13.2 Å². The molecular formula is C11H21N3O. The van der Waals surface area contributed by atoms with Gasteiger partial charge in [-0.05, 0) is 6.92 Å². The van der Waals surface area contributed by atoms with E-state index in [1.165, 1.54) is 0 Å². The molecule has 0 rings (SSSR count). The molecule has 0 heterocycles. The predicted octanol–water partition coefficient (Wildman–Crippen LogP) is 0.675. The largest absolute Gasteiger partial charge is 0.294 e. The molecule has 0 aliphatic heterocycles. The van der Waals surface area contributed by atoms with Crippen molar-refractivity contribution in [3.8, 4) is 0 Å². The van der Waals surface area contributed by atoms with Gasteiger partial charge in [0.1, 0.15) is 0 Å². The van der Waals surface area contributed by atoms with Crippen LogP contribution in [-0.4, -0.2) is 29.9 Å². The summed E-state index contributed by atoms with van der Waals surface area (Å²) in [6, 6.07) is 0.101. The molecule has 15 heavy (non-hydrogen) atoms. The standard InChI is InChI=1S/C11H21N3O/c1-5-7-14(8-6-2)10(4)9(3)11(15)13-12/h5-6,9-10H,1-2,7-8,12H2,3-4H3,(H,13,15). The monoisotopic (exact) mass is 211 g/mol. The zero-order valence-electron chi connectivity index (χ0n) is 9.57. The molecule has 2 unspecified atom stereocenters. The number of nitrogens with zero attached hydrogens (tertiary/aromatic N) is 1. The lowest BCUT2D eigenvalue weighted by molar-refractivity contribution is -0.126. The van der Waals surface area contributed by atoms with Gasteiger partial charge in [-0.2, -0.15) is 0 Å². The minimum atomic E-state index is -0.158. The van der Waals surface area contributed by atoms with Crippen molar-refractivity contribution >= 4 is 5.91 Å². The first-order valence-corrected chi connectivity index (χ1v) is 5.04. The molecule has 1 amide bonds. The molecule has 0 saturated heterocycles. The highest BCUT2D eigenvalue weighted by atomic mass is 16.2. The molecule has 0 aliphatic carbocycles. The molecule has 0 saturated carbocycles. The third-order valence-corrected chi connectivity index (χ3v) is 2.58. The van der Waals surface area contributed by atoms with E-state index in [4.69, 9.17) is 5.84 Å². The lowest BCUT2D eigenvalue weighted by atomic mass is 10.0. The molecule has 4 heteroatoms. The average Bonchev–Trinajstić information content (AvgIpc) is 2.25. The zero-order chi connectivity index (χ0) is 11.8. The molecule has 2 atom stereocenters. The Hall–Kier alpha value is -1.13. The summed E-state index contributed by atoms with van der Waals surface area (Å²) in [4.78, 5) is 13.5. The van der Waals surface area contributed by atoms with Crippen LogP contribution in [0.2, 0.25) is 0 Å². The van der Waals surface area contributed by atoms with Crippen LogP contribution < -0.4 is 11.3 Å². The molecular weight excluding hydrogens is 190 g/mol. The van der Waals surface area contributed by atoms with E-state index in [9.17, 15) is 4.79 Å². The smallest absolute Gasteiger partial charge is 0.238 e. The number of hydrogen-bond acceptors (Lipinski definition) is 3. The van der Waals surface area contributed by atoms with Crippen LogP contribution in [0.15, 0.2) is 25.3 Å². The lowest BCUT2D eigenvalue weighted by Crippen LogP contribution is -2.46. The van der Waals surface area contributed by atoms with Crippen LogP contribution in [0.1, 0.15) is 13.8 Å². The molecule has 0 radical (unpaired) electrons. The maximum atomic E-state index is 11.4. The minimum Gasteiger partial charge on any atom is -0.294 e. The van der Waals surface area contributed by atoms with Gasteiger partial charge in [-0.1, -0.05) is 19.1 Å². The summed E-state index contributed by atoms with van der Waals surface area (Å²) in [6.45, 7) is 12.7. The van der Waals surface area contributed by atoms with Crippen LogP contribution >= 0.6 is 0 Å². The summed E-state index contributed by atoms with van der Waals surface area (Å²) in [6.07, 6.45) is 3.63. The summed E-state index contributed by atoms with van der Waals surface area (Å²) in [5.74, 6) is 4.79. The van der Waals surface area contributed by atoms with Crippen molar-refractivity contribution in [2.24, 2.45) is 11.8 Å². The van der Waals surface area contributed by atoms with Gasteiger partial charge in [0, 0.05) is 19.1 Å². The van der Waals surface area contributed by atoms with Gasteiger partial charge >= 0.3 is 0 Å². The Morgan fingerprint density at radius 3 is 2.20 bits per heavy atom. The van der Waals surface area contributed by atoms with Crippen LogP contribution in [0.25, 0.3) is 0 Å². The maximum absolute atomic E-state index is 11.4. The first-order chi connectivity index (χ1) is 7.08. The first-order valence-electron chi connectivity index (χ1n) is 5.04. The zero-order valence-corrected chi connectivity index (χ0v) is 9.57. The van der Waals surface area contributed by atoms with E-state index in [0.29, 0.717) is 0 Å². The van der Waals surface area contributed by atoms with Crippen LogP contribution in [0, 0.1) is 5.92 Å². The van der Waals surface area contributed by atoms with E-state index in [2.05, 4.69) is 23.5 Å². The molecule has 0 aromatic rings. The van der Waals surface area contributed by atoms with E-state index < -0.39 is 0 Å². The van der Waals surface area contributed by atoms with Gasteiger partial charge < -0.3 is 0 Å². The van der Waals surface area contributed by atoms with Gasteiger partial charge in [0.2, 0.25) is 5.91 Å². The Kier molecular flexibility index (Phi) is 6.66. The van der Waals surface area contributed by atoms with Crippen molar-refractivity contribution in [1.29, 1.82) is 0 Å². The van der Waals surface area contributed by atoms with Crippen molar-refractivity contribution < 1.29 is 4.79 Å². The quantitative estimate of drug-likeness (QED) is 0.282. The van der Waals surface area contributed by atoms with Crippen LogP contribution in [0.3, 0.4) is 0 Å². The second-order valence-corrected chi connectivity index (χ2v) is 3.57. The predicted molar refractivity (Wildman–Crippen MR) is 62.9 cm³/mol. The second kappa shape index (κ2) is 7.20. The SMILES string of the molecule is C=CCN(CC=C)C(C)C(C)C(=O)NN. The second-order valence-electron chi connectivity index (χ2n) is 3.57. The summed E-state index contributed by atoms with van der Waals surface area (Å²) in [5.41, 5.74) is 2.17. The van der Waals surface area contributed by atoms with Crippen LogP contribution in [0.4, 0.5) is 0 Å². The number of amides is 1. The molecule has 3 N–H and O–H groups in total. The highest BCUT2D eigenvalue weighted by molar-refractivity contribution is 5.78. The molecule has 0 aromatic heterocycles. The highest BCUT2D eigenvalue weighted by Gasteiger charge is 2.23. The van der Waals surface area contributed by atoms with Crippen molar-refractivity contribution in [2.75, 3.05) is 13.1 Å². The third-order valence-electron chi connectivity index (χ3n) is 2.58. The Bertz CT molecular complexity index is 218. The Balaban J connectivity index is 4.45. The van der Waals surface area contributed by atoms with Crippen molar-refractivity contribution in [1.82, 2.24) is 10.3 Å². The molecule has 0 fully saturated rings. The number of nitrogens with one attached hydrogen (secondary N) is 1. The Morgan fingerprint density at radius 2 is 1.87 bits per heavy atom. The fraction of sp³-hybridized carbons (Fsp3) is 0.545. The number of carbonyl (C=O) groups is 1. The normalized spacial score (nSPS) is 14.4. The molecule has 86 valence electrons. The molecule has 0 bridgehead atoms.